The normalized spacial score (nSPS) is 10.9. The van der Waals surface area contributed by atoms with Crippen molar-refractivity contribution in [2.75, 3.05) is 13.2 Å². The summed E-state index contributed by atoms with van der Waals surface area (Å²) in [6.45, 7) is 3.14. The lowest BCUT2D eigenvalue weighted by Gasteiger charge is -2.07. The van der Waals surface area contributed by atoms with Gasteiger partial charge in [-0.3, -0.25) is 0 Å². The van der Waals surface area contributed by atoms with E-state index in [1.807, 2.05) is 37.3 Å². The Hall–Kier alpha value is -0.990. The molecule has 3 heteroatoms. The van der Waals surface area contributed by atoms with Crippen molar-refractivity contribution in [1.29, 1.82) is 0 Å². The molecule has 0 unspecified atom stereocenters. The van der Waals surface area contributed by atoms with Gasteiger partial charge in [0.15, 0.2) is 0 Å². The highest BCUT2D eigenvalue weighted by Crippen LogP contribution is 2.25. The first kappa shape index (κ1) is 12.1. The number of nitrogens with two attached hydrogens (primary N) is 1. The van der Waals surface area contributed by atoms with Crippen LogP contribution >= 0.6 is 11.6 Å². The van der Waals surface area contributed by atoms with Gasteiger partial charge in [-0.2, -0.15) is 0 Å². The van der Waals surface area contributed by atoms with Gasteiger partial charge < -0.3 is 10.5 Å². The van der Waals surface area contributed by atoms with Crippen molar-refractivity contribution in [3.8, 4) is 5.75 Å². The van der Waals surface area contributed by atoms with Crippen molar-refractivity contribution < 1.29 is 4.74 Å². The summed E-state index contributed by atoms with van der Waals surface area (Å²) >= 11 is 6.05. The molecule has 0 aliphatic rings. The van der Waals surface area contributed by atoms with Crippen LogP contribution in [0.1, 0.15) is 12.5 Å². The highest BCUT2D eigenvalue weighted by atomic mass is 35.5. The number of hydrogen-bond acceptors (Lipinski definition) is 2. The lowest BCUT2D eigenvalue weighted by molar-refractivity contribution is 0.363. The van der Waals surface area contributed by atoms with Gasteiger partial charge in [-0.15, -0.1) is 0 Å². The molecule has 0 atom stereocenters. The number of hydrogen-bond donors (Lipinski definition) is 1. The van der Waals surface area contributed by atoms with E-state index in [2.05, 4.69) is 0 Å². The number of halogens is 1. The van der Waals surface area contributed by atoms with E-state index in [0.717, 1.165) is 17.7 Å². The summed E-state index contributed by atoms with van der Waals surface area (Å²) in [5.74, 6) is 0.718. The van der Waals surface area contributed by atoms with Crippen LogP contribution in [0.5, 0.6) is 5.75 Å². The van der Waals surface area contributed by atoms with E-state index in [-0.39, 0.29) is 0 Å². The monoisotopic (exact) mass is 225 g/mol. The summed E-state index contributed by atoms with van der Waals surface area (Å²) in [5, 5.41) is 0.644. The summed E-state index contributed by atoms with van der Waals surface area (Å²) in [5.41, 5.74) is 6.60. The van der Waals surface area contributed by atoms with Gasteiger partial charge in [0.25, 0.3) is 0 Å². The third kappa shape index (κ3) is 3.94. The largest absolute Gasteiger partial charge is 0.488 e. The first-order chi connectivity index (χ1) is 7.27. The topological polar surface area (TPSA) is 35.2 Å². The summed E-state index contributed by atoms with van der Waals surface area (Å²) < 4.78 is 5.46. The van der Waals surface area contributed by atoms with Crippen LogP contribution in [0.4, 0.5) is 0 Å². The average Bonchev–Trinajstić information content (AvgIpc) is 2.22. The van der Waals surface area contributed by atoms with Gasteiger partial charge in [0.05, 0.1) is 5.02 Å². The predicted octanol–water partition coefficient (Wildman–Crippen LogP) is 2.80. The molecule has 0 spiro atoms. The van der Waals surface area contributed by atoms with Crippen molar-refractivity contribution in [3.05, 3.63) is 40.9 Å². The Morgan fingerprint density at radius 2 is 2.27 bits per heavy atom. The van der Waals surface area contributed by atoms with Crippen LogP contribution in [0.2, 0.25) is 5.02 Å². The molecule has 2 N–H and O–H groups in total. The van der Waals surface area contributed by atoms with E-state index in [0.29, 0.717) is 18.2 Å². The zero-order valence-electron chi connectivity index (χ0n) is 8.87. The summed E-state index contributed by atoms with van der Waals surface area (Å²) in [4.78, 5) is 0. The maximum Gasteiger partial charge on any atom is 0.138 e. The number of allylic oxidation sites excluding steroid dienone is 1. The van der Waals surface area contributed by atoms with E-state index < -0.39 is 0 Å². The molecule has 0 aliphatic carbocycles. The molecule has 0 saturated heterocycles. The summed E-state index contributed by atoms with van der Waals surface area (Å²) in [6.07, 6.45) is 4.72. The van der Waals surface area contributed by atoms with Crippen LogP contribution in [0.3, 0.4) is 0 Å². The SMILES string of the molecule is CC=CCOc1ccc(CCN)cc1Cl. The van der Waals surface area contributed by atoms with Crippen molar-refractivity contribution in [3.63, 3.8) is 0 Å². The Morgan fingerprint density at radius 1 is 1.47 bits per heavy atom. The van der Waals surface area contributed by atoms with Crippen molar-refractivity contribution in [2.24, 2.45) is 5.73 Å². The molecule has 82 valence electrons. The minimum atomic E-state index is 0.548. The predicted molar refractivity (Wildman–Crippen MR) is 64.5 cm³/mol. The lowest BCUT2D eigenvalue weighted by Crippen LogP contribution is -2.02. The molecule has 1 aromatic carbocycles. The van der Waals surface area contributed by atoms with Crippen LogP contribution in [0, 0.1) is 0 Å². The van der Waals surface area contributed by atoms with E-state index in [4.69, 9.17) is 22.1 Å². The molecule has 1 aromatic rings. The fourth-order valence-electron chi connectivity index (χ4n) is 1.22. The molecule has 0 aromatic heterocycles. The molecule has 2 nitrogen and oxygen atoms in total. The highest BCUT2D eigenvalue weighted by Gasteiger charge is 2.01. The molecule has 0 heterocycles. The molecular weight excluding hydrogens is 210 g/mol. The van der Waals surface area contributed by atoms with Gasteiger partial charge in [-0.25, -0.2) is 0 Å². The van der Waals surface area contributed by atoms with Gasteiger partial charge in [0.1, 0.15) is 12.4 Å². The number of rotatable bonds is 5. The van der Waals surface area contributed by atoms with Gasteiger partial charge >= 0.3 is 0 Å². The third-order valence-corrected chi connectivity index (χ3v) is 2.30. The summed E-state index contributed by atoms with van der Waals surface area (Å²) in [7, 11) is 0. The smallest absolute Gasteiger partial charge is 0.138 e. The Bertz CT molecular complexity index is 336. The number of ether oxygens (including phenoxy) is 1. The Morgan fingerprint density at radius 3 is 2.87 bits per heavy atom. The maximum atomic E-state index is 6.05. The Labute approximate surface area is 95.7 Å². The first-order valence-electron chi connectivity index (χ1n) is 5.00. The van der Waals surface area contributed by atoms with E-state index in [9.17, 15) is 0 Å². The second-order valence-corrected chi connectivity index (χ2v) is 3.59. The zero-order valence-corrected chi connectivity index (χ0v) is 9.63. The van der Waals surface area contributed by atoms with Gasteiger partial charge in [0, 0.05) is 0 Å². The maximum absolute atomic E-state index is 6.05. The fraction of sp³-hybridized carbons (Fsp3) is 0.333. The molecule has 0 radical (unpaired) electrons. The Kier molecular flexibility index (Phi) is 5.22. The minimum Gasteiger partial charge on any atom is -0.488 e. The van der Waals surface area contributed by atoms with Crippen molar-refractivity contribution in [2.45, 2.75) is 13.3 Å². The molecule has 15 heavy (non-hydrogen) atoms. The standard InChI is InChI=1S/C12H16ClNO/c1-2-3-8-15-12-5-4-10(6-7-14)9-11(12)13/h2-5,9H,6-8,14H2,1H3. The fourth-order valence-corrected chi connectivity index (χ4v) is 1.48. The van der Waals surface area contributed by atoms with Crippen molar-refractivity contribution in [1.82, 2.24) is 0 Å². The summed E-state index contributed by atoms with van der Waals surface area (Å²) in [6, 6.07) is 5.78. The Balaban J connectivity index is 2.65. The highest BCUT2D eigenvalue weighted by molar-refractivity contribution is 6.32. The molecule has 0 aliphatic heterocycles. The van der Waals surface area contributed by atoms with E-state index in [1.165, 1.54) is 0 Å². The molecular formula is C12H16ClNO. The van der Waals surface area contributed by atoms with Crippen LogP contribution in [0.15, 0.2) is 30.4 Å². The van der Waals surface area contributed by atoms with Crippen LogP contribution in [-0.4, -0.2) is 13.2 Å². The molecule has 0 bridgehead atoms. The molecule has 0 saturated carbocycles. The number of benzene rings is 1. The second kappa shape index (κ2) is 6.49. The van der Waals surface area contributed by atoms with Gasteiger partial charge in [-0.05, 0) is 37.6 Å². The van der Waals surface area contributed by atoms with Gasteiger partial charge in [-0.1, -0.05) is 29.8 Å². The second-order valence-electron chi connectivity index (χ2n) is 3.18. The average molecular weight is 226 g/mol. The van der Waals surface area contributed by atoms with Crippen LogP contribution in [0.25, 0.3) is 0 Å². The van der Waals surface area contributed by atoms with Crippen molar-refractivity contribution >= 4 is 11.6 Å². The first-order valence-corrected chi connectivity index (χ1v) is 5.38. The third-order valence-electron chi connectivity index (χ3n) is 2.00. The van der Waals surface area contributed by atoms with Crippen LogP contribution in [-0.2, 0) is 6.42 Å². The zero-order chi connectivity index (χ0) is 11.1. The molecule has 0 amide bonds. The van der Waals surface area contributed by atoms with Gasteiger partial charge in [0.2, 0.25) is 0 Å². The van der Waals surface area contributed by atoms with E-state index >= 15 is 0 Å². The lowest BCUT2D eigenvalue weighted by atomic mass is 10.1. The quantitative estimate of drug-likeness (QED) is 0.783. The minimum absolute atomic E-state index is 0.548. The van der Waals surface area contributed by atoms with Crippen LogP contribution < -0.4 is 10.5 Å². The molecule has 1 rings (SSSR count). The van der Waals surface area contributed by atoms with E-state index in [1.54, 1.807) is 0 Å². The molecule has 0 fully saturated rings.